The lowest BCUT2D eigenvalue weighted by molar-refractivity contribution is -0.140. The van der Waals surface area contributed by atoms with Crippen molar-refractivity contribution in [3.63, 3.8) is 0 Å². The van der Waals surface area contributed by atoms with Crippen molar-refractivity contribution in [1.82, 2.24) is 15.6 Å². The van der Waals surface area contributed by atoms with Gasteiger partial charge in [-0.05, 0) is 12.8 Å². The van der Waals surface area contributed by atoms with E-state index in [9.17, 15) is 18.3 Å². The molecule has 0 amide bonds. The second-order valence-electron chi connectivity index (χ2n) is 5.68. The molecule has 0 radical (unpaired) electrons. The van der Waals surface area contributed by atoms with Crippen molar-refractivity contribution in [1.29, 1.82) is 0 Å². The van der Waals surface area contributed by atoms with Gasteiger partial charge in [0.1, 0.15) is 5.01 Å². The van der Waals surface area contributed by atoms with Gasteiger partial charge in [-0.15, -0.1) is 11.3 Å². The number of halogens is 3. The number of rotatable bonds is 6. The molecule has 1 fully saturated rings. The van der Waals surface area contributed by atoms with E-state index in [1.165, 1.54) is 0 Å². The highest BCUT2D eigenvalue weighted by Crippen LogP contribution is 2.31. The van der Waals surface area contributed by atoms with Gasteiger partial charge in [0.2, 0.25) is 0 Å². The molecule has 0 aliphatic carbocycles. The molecule has 2 heterocycles. The van der Waals surface area contributed by atoms with E-state index in [1.54, 1.807) is 7.05 Å². The fourth-order valence-electron chi connectivity index (χ4n) is 2.49. The van der Waals surface area contributed by atoms with Crippen molar-refractivity contribution >= 4 is 17.3 Å². The molecule has 136 valence electrons. The summed E-state index contributed by atoms with van der Waals surface area (Å²) >= 11 is 0.950. The molecule has 1 saturated heterocycles. The molecule has 1 atom stereocenters. The van der Waals surface area contributed by atoms with Crippen LogP contribution in [0.25, 0.3) is 0 Å². The monoisotopic (exact) mass is 366 g/mol. The third-order valence-corrected chi connectivity index (χ3v) is 4.78. The van der Waals surface area contributed by atoms with Gasteiger partial charge < -0.3 is 20.5 Å². The van der Waals surface area contributed by atoms with E-state index in [1.807, 2.05) is 0 Å². The Balaban J connectivity index is 1.85. The minimum Gasteiger partial charge on any atom is -0.396 e. The van der Waals surface area contributed by atoms with Gasteiger partial charge in [0.25, 0.3) is 0 Å². The largest absolute Gasteiger partial charge is 0.434 e. The molecule has 0 aromatic carbocycles. The van der Waals surface area contributed by atoms with Gasteiger partial charge in [-0.2, -0.15) is 13.2 Å². The smallest absolute Gasteiger partial charge is 0.396 e. The van der Waals surface area contributed by atoms with Crippen LogP contribution in [0.2, 0.25) is 0 Å². The number of aromatic nitrogens is 1. The zero-order valence-corrected chi connectivity index (χ0v) is 14.1. The van der Waals surface area contributed by atoms with Gasteiger partial charge >= 0.3 is 6.18 Å². The number of nitrogens with zero attached hydrogens (tertiary/aromatic N) is 2. The van der Waals surface area contributed by atoms with Crippen LogP contribution in [0.1, 0.15) is 23.5 Å². The summed E-state index contributed by atoms with van der Waals surface area (Å²) in [6.45, 7) is 2.03. The zero-order valence-electron chi connectivity index (χ0n) is 13.3. The van der Waals surface area contributed by atoms with Gasteiger partial charge in [0, 0.05) is 37.6 Å². The first kappa shape index (κ1) is 18.9. The predicted molar refractivity (Wildman–Crippen MR) is 84.9 cm³/mol. The van der Waals surface area contributed by atoms with Crippen LogP contribution in [-0.2, 0) is 17.5 Å². The van der Waals surface area contributed by atoms with Crippen LogP contribution in [0.3, 0.4) is 0 Å². The number of guanidine groups is 1. The molecule has 6 nitrogen and oxygen atoms in total. The summed E-state index contributed by atoms with van der Waals surface area (Å²) in [4.78, 5) is 7.62. The van der Waals surface area contributed by atoms with Crippen molar-refractivity contribution in [3.8, 4) is 0 Å². The predicted octanol–water partition coefficient (Wildman–Crippen LogP) is 1.62. The zero-order chi connectivity index (χ0) is 17.6. The van der Waals surface area contributed by atoms with Crippen molar-refractivity contribution in [3.05, 3.63) is 16.1 Å². The quantitative estimate of drug-likeness (QED) is 0.527. The maximum absolute atomic E-state index is 12.5. The third kappa shape index (κ3) is 5.05. The summed E-state index contributed by atoms with van der Waals surface area (Å²) in [5.74, 6) is 0.475. The van der Waals surface area contributed by atoms with Crippen molar-refractivity contribution in [2.75, 3.05) is 33.4 Å². The number of thiazole rings is 1. The third-order valence-electron chi connectivity index (χ3n) is 3.93. The Morgan fingerprint density at radius 2 is 2.29 bits per heavy atom. The standard InChI is InChI=1S/C14H21F3N4O2S/c1-18-12(20-8-13(2-4-22)3-5-23-9-13)19-6-11-21-10(7-24-11)14(15,16)17/h7,22H,2-6,8-9H2,1H3,(H2,18,19,20). The molecular formula is C14H21F3N4O2S. The Morgan fingerprint density at radius 1 is 1.50 bits per heavy atom. The summed E-state index contributed by atoms with van der Waals surface area (Å²) < 4.78 is 43.0. The Morgan fingerprint density at radius 3 is 2.83 bits per heavy atom. The molecule has 0 saturated carbocycles. The molecule has 24 heavy (non-hydrogen) atoms. The SMILES string of the molecule is CN=C(NCc1nc(C(F)(F)F)cs1)NCC1(CCO)CCOC1. The van der Waals surface area contributed by atoms with E-state index in [0.29, 0.717) is 37.1 Å². The molecule has 2 rings (SSSR count). The minimum atomic E-state index is -4.42. The van der Waals surface area contributed by atoms with E-state index in [4.69, 9.17) is 4.74 Å². The number of hydrogen-bond donors (Lipinski definition) is 3. The number of hydrogen-bond acceptors (Lipinski definition) is 5. The van der Waals surface area contributed by atoms with Crippen LogP contribution in [0.15, 0.2) is 10.4 Å². The van der Waals surface area contributed by atoms with Gasteiger partial charge in [-0.3, -0.25) is 4.99 Å². The molecule has 1 unspecified atom stereocenters. The summed E-state index contributed by atoms with van der Waals surface area (Å²) in [6, 6.07) is 0. The second-order valence-corrected chi connectivity index (χ2v) is 6.62. The molecule has 1 aromatic heterocycles. The van der Waals surface area contributed by atoms with Crippen LogP contribution < -0.4 is 10.6 Å². The minimum absolute atomic E-state index is 0.0798. The highest BCUT2D eigenvalue weighted by molar-refractivity contribution is 7.09. The van der Waals surface area contributed by atoms with Crippen LogP contribution in [0, 0.1) is 5.41 Å². The number of aliphatic hydroxyl groups excluding tert-OH is 1. The Labute approximate surface area is 142 Å². The van der Waals surface area contributed by atoms with E-state index >= 15 is 0 Å². The van der Waals surface area contributed by atoms with Crippen molar-refractivity contribution in [2.45, 2.75) is 25.6 Å². The maximum Gasteiger partial charge on any atom is 0.434 e. The van der Waals surface area contributed by atoms with Crippen LogP contribution in [-0.4, -0.2) is 49.5 Å². The first-order chi connectivity index (χ1) is 11.4. The summed E-state index contributed by atoms with van der Waals surface area (Å²) in [5, 5.41) is 16.6. The fourth-order valence-corrected chi connectivity index (χ4v) is 3.23. The molecule has 0 spiro atoms. The lowest BCUT2D eigenvalue weighted by Gasteiger charge is -2.27. The highest BCUT2D eigenvalue weighted by atomic mass is 32.1. The molecular weight excluding hydrogens is 345 g/mol. The number of aliphatic hydroxyl groups is 1. The number of nitrogens with one attached hydrogen (secondary N) is 2. The Hall–Kier alpha value is -1.39. The van der Waals surface area contributed by atoms with Gasteiger partial charge in [0.05, 0.1) is 13.2 Å². The summed E-state index contributed by atoms with van der Waals surface area (Å²) in [7, 11) is 1.59. The van der Waals surface area contributed by atoms with E-state index < -0.39 is 11.9 Å². The van der Waals surface area contributed by atoms with Crippen LogP contribution in [0.4, 0.5) is 13.2 Å². The Kier molecular flexibility index (Phi) is 6.41. The maximum atomic E-state index is 12.5. The molecule has 1 aliphatic rings. The van der Waals surface area contributed by atoms with E-state index in [-0.39, 0.29) is 18.6 Å². The average molecular weight is 366 g/mol. The van der Waals surface area contributed by atoms with Crippen molar-refractivity contribution in [2.24, 2.45) is 10.4 Å². The molecule has 1 aromatic rings. The van der Waals surface area contributed by atoms with Gasteiger partial charge in [-0.25, -0.2) is 4.98 Å². The molecule has 10 heteroatoms. The topological polar surface area (TPSA) is 78.8 Å². The van der Waals surface area contributed by atoms with Gasteiger partial charge in [0.15, 0.2) is 11.7 Å². The first-order valence-corrected chi connectivity index (χ1v) is 8.41. The number of aliphatic imine (C=N–C) groups is 1. The van der Waals surface area contributed by atoms with Crippen molar-refractivity contribution < 1.29 is 23.0 Å². The highest BCUT2D eigenvalue weighted by Gasteiger charge is 2.35. The van der Waals surface area contributed by atoms with E-state index in [0.717, 1.165) is 23.1 Å². The normalized spacial score (nSPS) is 22.0. The lowest BCUT2D eigenvalue weighted by Crippen LogP contribution is -2.44. The Bertz CT molecular complexity index is 556. The average Bonchev–Trinajstić information content (AvgIpc) is 3.17. The molecule has 0 bridgehead atoms. The van der Waals surface area contributed by atoms with Crippen LogP contribution >= 0.6 is 11.3 Å². The summed E-state index contributed by atoms with van der Waals surface area (Å²) in [5.41, 5.74) is -1.02. The number of alkyl halides is 3. The van der Waals surface area contributed by atoms with E-state index in [2.05, 4.69) is 20.6 Å². The molecule has 1 aliphatic heterocycles. The van der Waals surface area contributed by atoms with Crippen LogP contribution in [0.5, 0.6) is 0 Å². The van der Waals surface area contributed by atoms with Gasteiger partial charge in [-0.1, -0.05) is 0 Å². The number of ether oxygens (including phenoxy) is 1. The summed E-state index contributed by atoms with van der Waals surface area (Å²) in [6.07, 6.45) is -2.95. The molecule has 3 N–H and O–H groups in total. The first-order valence-electron chi connectivity index (χ1n) is 7.53. The second kappa shape index (κ2) is 8.13. The fraction of sp³-hybridized carbons (Fsp3) is 0.714. The lowest BCUT2D eigenvalue weighted by atomic mass is 9.84.